The van der Waals surface area contributed by atoms with Crippen molar-refractivity contribution in [2.45, 2.75) is 42.1 Å². The van der Waals surface area contributed by atoms with Crippen molar-refractivity contribution in [3.05, 3.63) is 421 Å². The van der Waals surface area contributed by atoms with Gasteiger partial charge in [0, 0.05) is 67.1 Å². The molecule has 0 saturated carbocycles. The minimum absolute atomic E-state index is 0.00839. The third-order valence-corrected chi connectivity index (χ3v) is 24.1. The van der Waals surface area contributed by atoms with Crippen LogP contribution < -0.4 is 59.0 Å². The maximum atomic E-state index is 14.0. The van der Waals surface area contributed by atoms with Gasteiger partial charge in [0.1, 0.15) is 81.8 Å². The zero-order valence-corrected chi connectivity index (χ0v) is 72.3. The molecule has 0 amide bonds. The van der Waals surface area contributed by atoms with E-state index >= 15 is 0 Å². The first kappa shape index (κ1) is 89.4. The molecule has 0 aliphatic rings. The summed E-state index contributed by atoms with van der Waals surface area (Å²) >= 11 is 8.66. The summed E-state index contributed by atoms with van der Waals surface area (Å²) in [5, 5.41) is 43.8. The first-order valence-corrected chi connectivity index (χ1v) is 42.6. The minimum atomic E-state index is -4.59. The largest absolute Gasteiger partial charge is 0.507 e. The summed E-state index contributed by atoms with van der Waals surface area (Å²) in [6, 6.07) is 87.0. The standard InChI is InChI=1S/C28H18F3NO5S.C27H18ClNO5S.C27H19NO5S.C19H12FNO4/c1-36-19-11-6-10-18(14-19)32-21(16-7-3-2-4-8-16)15-22-23(26(32)34)24(33)25(27(35)37-22)38-20-12-5-9-17(13-20)28(29,30)31;1-33-19-11-6-10-18(14-19)29-21(16-7-3-2-4-8-16)15-22-23(26(29)31)24(30)25(27(32)34-22)35-20-12-5-9-17(28)13-20;1-32-19-12-8-11-18(15-19)28-21(17-9-4-2-5-10-17)16-22-23(26(28)30)24(29)25(27(31)33-22)34-20-13-6-3-7-14-20;20-13-7-3-1-5-11(13)10-21-14-8-4-2-6-12(14)18-17(19(21)24)15(22)9-16(23)25-18/h2-15,33H,1H3;2-15,30H,1H3;2-16,29H,1H3;1-9,22H,10H2. The fourth-order valence-electron chi connectivity index (χ4n) is 14.6. The average molecular weight is 1850 g/mol. The summed E-state index contributed by atoms with van der Waals surface area (Å²) in [5.41, 5.74) is -0.720. The molecule has 0 bridgehead atoms. The van der Waals surface area contributed by atoms with Crippen molar-refractivity contribution in [2.75, 3.05) is 21.3 Å². The third-order valence-electron chi connectivity index (χ3n) is 20.7. The maximum Gasteiger partial charge on any atom is 0.416 e. The van der Waals surface area contributed by atoms with E-state index in [0.29, 0.717) is 95.1 Å². The summed E-state index contributed by atoms with van der Waals surface area (Å²) < 4.78 is 96.9. The van der Waals surface area contributed by atoms with Gasteiger partial charge in [-0.1, -0.05) is 217 Å². The van der Waals surface area contributed by atoms with Gasteiger partial charge in [-0.25, -0.2) is 23.6 Å². The van der Waals surface area contributed by atoms with Crippen LogP contribution in [0.15, 0.2) is 401 Å². The van der Waals surface area contributed by atoms with Crippen LogP contribution in [-0.2, 0) is 12.7 Å². The minimum Gasteiger partial charge on any atom is -0.507 e. The molecule has 0 aliphatic heterocycles. The second-order valence-electron chi connectivity index (χ2n) is 28.9. The van der Waals surface area contributed by atoms with Gasteiger partial charge in [0.2, 0.25) is 0 Å². The van der Waals surface area contributed by atoms with E-state index in [1.807, 2.05) is 84.9 Å². The molecular weight excluding hydrogens is 1780 g/mol. The maximum absolute atomic E-state index is 14.0. The van der Waals surface area contributed by atoms with Crippen LogP contribution in [0.2, 0.25) is 5.02 Å². The predicted molar refractivity (Wildman–Crippen MR) is 498 cm³/mol. The van der Waals surface area contributed by atoms with Gasteiger partial charge in [-0.3, -0.25) is 32.9 Å². The number of aromatic nitrogens is 4. The zero-order valence-electron chi connectivity index (χ0n) is 69.0. The predicted octanol–water partition coefficient (Wildman–Crippen LogP) is 21.1. The Labute approximate surface area is 760 Å². The zero-order chi connectivity index (χ0) is 92.8. The van der Waals surface area contributed by atoms with Crippen LogP contribution >= 0.6 is 46.9 Å². The normalized spacial score (nSPS) is 11.2. The summed E-state index contributed by atoms with van der Waals surface area (Å²) in [5.74, 6) is -0.782. The highest BCUT2D eigenvalue weighted by molar-refractivity contribution is 8.00. The summed E-state index contributed by atoms with van der Waals surface area (Å²) in [6.07, 6.45) is -4.59. The molecule has 0 saturated heterocycles. The monoisotopic (exact) mass is 1850 g/mol. The number of benzene rings is 11. The number of methoxy groups -OCH3 is 3. The van der Waals surface area contributed by atoms with Crippen molar-refractivity contribution in [1.82, 2.24) is 18.3 Å². The van der Waals surface area contributed by atoms with Crippen LogP contribution in [0, 0.1) is 5.82 Å². The number of ether oxygens (including phenoxy) is 3. The number of para-hydroxylation sites is 1. The number of hydrogen-bond donors (Lipinski definition) is 4. The molecule has 19 aromatic rings. The molecule has 658 valence electrons. The number of fused-ring (bicyclic) bond motifs is 6. The van der Waals surface area contributed by atoms with E-state index in [0.717, 1.165) is 57.7 Å². The number of rotatable bonds is 17. The van der Waals surface area contributed by atoms with Gasteiger partial charge in [0.15, 0.2) is 22.8 Å². The van der Waals surface area contributed by atoms with Gasteiger partial charge >= 0.3 is 28.7 Å². The van der Waals surface area contributed by atoms with E-state index < -0.39 is 90.2 Å². The van der Waals surface area contributed by atoms with Gasteiger partial charge in [-0.15, -0.1) is 0 Å². The smallest absolute Gasteiger partial charge is 0.416 e. The lowest BCUT2D eigenvalue weighted by Crippen LogP contribution is -2.22. The summed E-state index contributed by atoms with van der Waals surface area (Å²) in [6.45, 7) is -0.0134. The lowest BCUT2D eigenvalue weighted by molar-refractivity contribution is -0.137. The second kappa shape index (κ2) is 38.5. The number of pyridine rings is 4. The quantitative estimate of drug-likeness (QED) is 0.0486. The average Bonchev–Trinajstić information content (AvgIpc) is 0.756. The van der Waals surface area contributed by atoms with Crippen LogP contribution in [0.3, 0.4) is 0 Å². The van der Waals surface area contributed by atoms with Crippen LogP contribution in [-0.4, -0.2) is 60.0 Å². The summed E-state index contributed by atoms with van der Waals surface area (Å²) in [7, 11) is 4.58. The van der Waals surface area contributed by atoms with E-state index in [4.69, 9.17) is 43.5 Å². The van der Waals surface area contributed by atoms with Crippen LogP contribution in [0.25, 0.3) is 106 Å². The Bertz CT molecular complexity index is 8220. The van der Waals surface area contributed by atoms with Gasteiger partial charge in [-0.05, 0) is 120 Å². The van der Waals surface area contributed by atoms with E-state index in [2.05, 4.69) is 0 Å². The molecular formula is C101H67ClF4N4O19S3. The molecule has 4 N–H and O–H groups in total. The number of aromatic hydroxyl groups is 4. The molecule has 31 heteroatoms. The van der Waals surface area contributed by atoms with Crippen molar-refractivity contribution in [1.29, 1.82) is 0 Å². The lowest BCUT2D eigenvalue weighted by atomic mass is 10.1. The Morgan fingerprint density at radius 1 is 0.371 bits per heavy atom. The first-order chi connectivity index (χ1) is 63.7. The Balaban J connectivity index is 0.000000130. The van der Waals surface area contributed by atoms with E-state index in [1.54, 1.807) is 202 Å². The first-order valence-electron chi connectivity index (χ1n) is 39.8. The van der Waals surface area contributed by atoms with E-state index in [-0.39, 0.29) is 65.1 Å². The van der Waals surface area contributed by atoms with Crippen LogP contribution in [0.5, 0.6) is 40.2 Å². The van der Waals surface area contributed by atoms with Crippen molar-refractivity contribution in [2.24, 2.45) is 0 Å². The van der Waals surface area contributed by atoms with Gasteiger partial charge in [-0.2, -0.15) is 13.2 Å². The number of hydrogen-bond acceptors (Lipinski definition) is 22. The van der Waals surface area contributed by atoms with Crippen LogP contribution in [0.1, 0.15) is 11.1 Å². The lowest BCUT2D eigenvalue weighted by Gasteiger charge is -2.16. The van der Waals surface area contributed by atoms with E-state index in [1.165, 1.54) is 49.6 Å². The summed E-state index contributed by atoms with van der Waals surface area (Å²) in [4.78, 5) is 105. The Morgan fingerprint density at radius 2 is 0.742 bits per heavy atom. The fraction of sp³-hybridized carbons (Fsp3) is 0.0495. The SMILES string of the molecule is COc1cccc(-n2c(-c3ccccc3)cc3oc(=O)c(Sc4cccc(C(F)(F)F)c4)c(O)c3c2=O)c1.COc1cccc(-n2c(-c3ccccc3)cc3oc(=O)c(Sc4cccc(Cl)c4)c(O)c3c2=O)c1.COc1cccc(-n2c(-c3ccccc3)cc3oc(=O)c(Sc4ccccc4)c(O)c3c2=O)c1.O=c1cc(O)c2c(=O)n(Cc3ccccc3F)c3ccccc3c2o1. The van der Waals surface area contributed by atoms with Crippen molar-refractivity contribution in [3.8, 4) is 91.1 Å². The van der Waals surface area contributed by atoms with Crippen molar-refractivity contribution >= 4 is 102 Å². The molecule has 8 aromatic heterocycles. The fourth-order valence-corrected chi connectivity index (χ4v) is 17.5. The Hall–Kier alpha value is -16.0. The molecule has 0 fully saturated rings. The Kier molecular flexibility index (Phi) is 26.1. The highest BCUT2D eigenvalue weighted by atomic mass is 35.5. The second-order valence-corrected chi connectivity index (χ2v) is 32.6. The third kappa shape index (κ3) is 18.6. The van der Waals surface area contributed by atoms with Crippen molar-refractivity contribution < 1.29 is 69.9 Å². The highest BCUT2D eigenvalue weighted by Gasteiger charge is 2.32. The molecule has 0 unspecified atom stereocenters. The van der Waals surface area contributed by atoms with Gasteiger partial charge < -0.3 is 56.9 Å². The molecule has 8 heterocycles. The van der Waals surface area contributed by atoms with Crippen molar-refractivity contribution in [3.63, 3.8) is 0 Å². The van der Waals surface area contributed by atoms with E-state index in [9.17, 15) is 76.3 Å². The molecule has 132 heavy (non-hydrogen) atoms. The topological polar surface area (TPSA) is 317 Å². The molecule has 23 nitrogen and oxygen atoms in total. The molecule has 0 spiro atoms. The molecule has 11 aromatic carbocycles. The highest BCUT2D eigenvalue weighted by Crippen LogP contribution is 2.43. The molecule has 0 aliphatic carbocycles. The number of alkyl halides is 3. The van der Waals surface area contributed by atoms with Gasteiger partial charge in [0.25, 0.3) is 22.2 Å². The van der Waals surface area contributed by atoms with Gasteiger partial charge in [0.05, 0.1) is 79.2 Å². The number of halogens is 5. The Morgan fingerprint density at radius 3 is 1.16 bits per heavy atom. The molecule has 0 atom stereocenters. The molecule has 19 rings (SSSR count). The number of nitrogens with zero attached hydrogens (tertiary/aromatic N) is 4. The van der Waals surface area contributed by atoms with Crippen LogP contribution in [0.4, 0.5) is 17.6 Å². The molecule has 0 radical (unpaired) electrons.